The number of hydrogen-bond donors (Lipinski definition) is 0. The molecule has 0 atom stereocenters. The molecule has 0 N–H and O–H groups in total. The molecule has 21 rings (SSSR count). The molecule has 0 aliphatic carbocycles. The largest absolute Gasteiger partial charge is 0.455 e. The maximum absolute atomic E-state index is 7.23. The van der Waals surface area contributed by atoms with E-state index in [1.165, 1.54) is 0 Å². The highest BCUT2D eigenvalue weighted by atomic mass is 16.3. The van der Waals surface area contributed by atoms with Crippen molar-refractivity contribution in [2.75, 3.05) is 0 Å². The maximum Gasteiger partial charge on any atom is 0.282 e. The van der Waals surface area contributed by atoms with Crippen LogP contribution in [0.2, 0.25) is 0 Å². The van der Waals surface area contributed by atoms with E-state index >= 15 is 0 Å². The first kappa shape index (κ1) is 52.4. The molecule has 0 fully saturated rings. The first-order chi connectivity index (χ1) is 47.7. The third kappa shape index (κ3) is 7.29. The Morgan fingerprint density at radius 2 is 0.552 bits per heavy atom. The molecule has 0 saturated carbocycles. The van der Waals surface area contributed by atoms with Crippen molar-refractivity contribution in [1.29, 1.82) is 0 Å². The number of aromatic nitrogens is 9. The number of fused-ring (bicyclic) bond motifs is 19. The van der Waals surface area contributed by atoms with Crippen LogP contribution in [0.3, 0.4) is 0 Å². The Balaban J connectivity index is 1.15. The van der Waals surface area contributed by atoms with Gasteiger partial charge >= 0.3 is 0 Å². The molecule has 10 heteroatoms. The van der Waals surface area contributed by atoms with E-state index in [2.05, 4.69) is 331 Å². The van der Waals surface area contributed by atoms with Crippen LogP contribution in [0, 0.1) is 0 Å². The minimum absolute atomic E-state index is 0.471. The lowest BCUT2D eigenvalue weighted by Crippen LogP contribution is -2.51. The average Bonchev–Trinajstić information content (AvgIpc) is 1.44. The van der Waals surface area contributed by atoms with Crippen molar-refractivity contribution in [2.45, 2.75) is 0 Å². The van der Waals surface area contributed by atoms with Gasteiger partial charge in [0.15, 0.2) is 17.5 Å². The molecule has 96 heavy (non-hydrogen) atoms. The topological polar surface area (TPSA) is 80.3 Å². The fourth-order valence-electron chi connectivity index (χ4n) is 15.8. The van der Waals surface area contributed by atoms with Crippen LogP contribution in [0.15, 0.2) is 320 Å². The quantitative estimate of drug-likeness (QED) is 0.142. The van der Waals surface area contributed by atoms with Crippen LogP contribution in [-0.4, -0.2) is 37.9 Å². The molecule has 0 amide bonds. The number of para-hydroxylation sites is 10. The number of benzene rings is 13. The second-order valence-electron chi connectivity index (χ2n) is 24.8. The van der Waals surface area contributed by atoms with E-state index in [9.17, 15) is 0 Å². The van der Waals surface area contributed by atoms with Gasteiger partial charge in [-0.15, -0.1) is 4.68 Å². The van der Waals surface area contributed by atoms with Crippen molar-refractivity contribution >= 4 is 131 Å². The normalized spacial score (nSPS) is 12.2. The van der Waals surface area contributed by atoms with Gasteiger partial charge in [0, 0.05) is 70.4 Å². The summed E-state index contributed by atoms with van der Waals surface area (Å²) in [7, 11) is 0. The Hall–Kier alpha value is -13.2. The van der Waals surface area contributed by atoms with E-state index in [4.69, 9.17) is 19.4 Å². The van der Waals surface area contributed by atoms with Gasteiger partial charge in [0.05, 0.1) is 44.0 Å². The van der Waals surface area contributed by atoms with Gasteiger partial charge in [0.1, 0.15) is 44.6 Å². The molecule has 0 aliphatic heterocycles. The zero-order chi connectivity index (χ0) is 62.7. The van der Waals surface area contributed by atoms with Crippen LogP contribution in [0.5, 0.6) is 0 Å². The van der Waals surface area contributed by atoms with Crippen molar-refractivity contribution in [3.8, 4) is 57.2 Å². The highest BCUT2D eigenvalue weighted by molar-refractivity contribution is 6.24. The first-order valence-electron chi connectivity index (χ1n) is 32.5. The number of hydrogen-bond acceptors (Lipinski definition) is 4. The van der Waals surface area contributed by atoms with E-state index in [0.29, 0.717) is 17.5 Å². The van der Waals surface area contributed by atoms with Gasteiger partial charge in [-0.3, -0.25) is 0 Å². The van der Waals surface area contributed by atoms with E-state index in [1.807, 2.05) is 12.1 Å². The average molecular weight is 1230 g/mol. The van der Waals surface area contributed by atoms with Crippen molar-refractivity contribution in [1.82, 2.24) is 37.9 Å². The molecule has 8 aromatic heterocycles. The summed E-state index contributed by atoms with van der Waals surface area (Å²) in [6, 6.07) is 114. The van der Waals surface area contributed by atoms with Crippen LogP contribution in [0.4, 0.5) is 0 Å². The van der Waals surface area contributed by atoms with Gasteiger partial charge in [-0.25, -0.2) is 24.1 Å². The fraction of sp³-hybridized carbons (Fsp3) is 0. The van der Waals surface area contributed by atoms with Crippen LogP contribution in [0.1, 0.15) is 0 Å². The third-order valence-electron chi connectivity index (χ3n) is 19.8. The molecule has 446 valence electrons. The Morgan fingerprint density at radius 3 is 0.948 bits per heavy atom. The zero-order valence-electron chi connectivity index (χ0n) is 51.5. The molecule has 10 nitrogen and oxygen atoms in total. The molecule has 0 unspecified atom stereocenters. The number of rotatable bonds is 8. The van der Waals surface area contributed by atoms with E-state index in [-0.39, 0.29) is 0 Å². The Bertz CT molecular complexity index is 6320. The molecular weight excluding hydrogens is 1180 g/mol. The predicted molar refractivity (Wildman–Crippen MR) is 391 cm³/mol. The van der Waals surface area contributed by atoms with Crippen molar-refractivity contribution in [3.63, 3.8) is 0 Å². The summed E-state index contributed by atoms with van der Waals surface area (Å²) in [6.45, 7) is 0. The van der Waals surface area contributed by atoms with Gasteiger partial charge in [-0.2, -0.15) is 4.68 Å². The summed E-state index contributed by atoms with van der Waals surface area (Å²) in [6.07, 6.45) is 0. The number of nitrogens with zero attached hydrogens (tertiary/aromatic N) is 9. The van der Waals surface area contributed by atoms with E-state index in [1.54, 1.807) is 0 Å². The molecule has 0 aliphatic rings. The lowest BCUT2D eigenvalue weighted by atomic mass is 10.1. The fourth-order valence-corrected chi connectivity index (χ4v) is 15.8. The highest BCUT2D eigenvalue weighted by Gasteiger charge is 2.42. The summed E-state index contributed by atoms with van der Waals surface area (Å²) in [5, 5.41) is 12.9. The second-order valence-corrected chi connectivity index (χ2v) is 24.8. The van der Waals surface area contributed by atoms with Crippen LogP contribution >= 0.6 is 0 Å². The van der Waals surface area contributed by atoms with Crippen LogP contribution in [0.25, 0.3) is 188 Å². The Kier molecular flexibility index (Phi) is 11.0. The summed E-state index contributed by atoms with van der Waals surface area (Å²) >= 11 is 0. The first-order valence-corrected chi connectivity index (χ1v) is 32.5. The molecule has 8 heterocycles. The molecular formula is C86H52N9O+. The number of furan rings is 1. The Morgan fingerprint density at radius 1 is 0.240 bits per heavy atom. The molecule has 0 saturated heterocycles. The van der Waals surface area contributed by atoms with Gasteiger partial charge in [-0.1, -0.05) is 243 Å². The summed E-state index contributed by atoms with van der Waals surface area (Å²) in [5.74, 6) is 3.16. The lowest BCUT2D eigenvalue weighted by molar-refractivity contribution is -0.708. The smallest absolute Gasteiger partial charge is 0.282 e. The second kappa shape index (κ2) is 20.2. The number of pyridine rings is 1. The van der Waals surface area contributed by atoms with Crippen LogP contribution < -0.4 is 4.68 Å². The van der Waals surface area contributed by atoms with Gasteiger partial charge < -0.3 is 13.6 Å². The van der Waals surface area contributed by atoms with Crippen molar-refractivity contribution in [3.05, 3.63) is 315 Å². The van der Waals surface area contributed by atoms with Crippen LogP contribution in [-0.2, 0) is 0 Å². The predicted octanol–water partition coefficient (Wildman–Crippen LogP) is 20.9. The SMILES string of the molecule is c1ccc(-c2nc(-c3ccccc3)nc(-c3c(-n4c5ccccc5c5ccccc54)c(-n4c5ccccc5c5ccccc54)[n+](-n4c5ccccc5c5c6oc7ccccc7c6ccc54)c(-n4c5ccccc5c5ccccc54)c3-n3c4ccccc4c4ccccc43)n2)cc1. The monoisotopic (exact) mass is 1230 g/mol. The van der Waals surface area contributed by atoms with Gasteiger partial charge in [-0.05, 0) is 72.8 Å². The van der Waals surface area contributed by atoms with Crippen molar-refractivity contribution < 1.29 is 9.09 Å². The summed E-state index contributed by atoms with van der Waals surface area (Å²) < 4.78 is 22.4. The molecule has 21 aromatic rings. The summed E-state index contributed by atoms with van der Waals surface area (Å²) in [4.78, 5) is 17.5. The van der Waals surface area contributed by atoms with Crippen molar-refractivity contribution in [2.24, 2.45) is 0 Å². The van der Waals surface area contributed by atoms with E-state index in [0.717, 1.165) is 171 Å². The highest BCUT2D eigenvalue weighted by Crippen LogP contribution is 2.50. The molecule has 13 aromatic carbocycles. The summed E-state index contributed by atoms with van der Waals surface area (Å²) in [5.41, 5.74) is 15.7. The van der Waals surface area contributed by atoms with Gasteiger partial charge in [0.2, 0.25) is 0 Å². The Labute approximate surface area is 547 Å². The third-order valence-corrected chi connectivity index (χ3v) is 19.8. The minimum Gasteiger partial charge on any atom is -0.455 e. The molecule has 0 bridgehead atoms. The molecule has 0 radical (unpaired) electrons. The maximum atomic E-state index is 7.23. The van der Waals surface area contributed by atoms with Gasteiger partial charge in [0.25, 0.3) is 11.6 Å². The zero-order valence-corrected chi connectivity index (χ0v) is 51.5. The van der Waals surface area contributed by atoms with E-state index < -0.39 is 0 Å². The molecule has 0 spiro atoms. The lowest BCUT2D eigenvalue weighted by Gasteiger charge is -2.27. The minimum atomic E-state index is 0.471. The standard InChI is InChI=1S/C86H52N9O/c1-3-27-53(28-4-1)82-87-83(54-29-5-2-6-30-54)89-84(88-82)78-79(90-66-41-17-7-31-55(66)56-32-8-18-42-67(56)90)85(92-70-45-21-11-35-59(70)60-36-12-22-46-71(60)92)95(94-74-49-25-15-40-65(74)77-75(94)52-51-64-63-39-16-26-50-76(63)96-81(64)77)86(93-72-47-23-13-37-61(72)62-38-14-24-48-73(62)93)80(78)91-68-43-19-9-33-57(68)58-34-10-20-44-69(58)91/h1-52H/q+1.